The van der Waals surface area contributed by atoms with Crippen LogP contribution in [0.2, 0.25) is 0 Å². The smallest absolute Gasteiger partial charge is 0.0424 e. The number of benzene rings is 1. The lowest BCUT2D eigenvalue weighted by Crippen LogP contribution is -2.48. The van der Waals surface area contributed by atoms with Crippen LogP contribution in [-0.4, -0.2) is 49.1 Å². The Kier molecular flexibility index (Phi) is 5.58. The first-order chi connectivity index (χ1) is 9.58. The van der Waals surface area contributed by atoms with E-state index in [4.69, 9.17) is 5.73 Å². The Morgan fingerprint density at radius 3 is 2.10 bits per heavy atom. The second kappa shape index (κ2) is 7.21. The van der Waals surface area contributed by atoms with Crippen molar-refractivity contribution in [1.29, 1.82) is 0 Å². The molecule has 20 heavy (non-hydrogen) atoms. The minimum absolute atomic E-state index is 0.131. The molecule has 2 N–H and O–H groups in total. The number of nitrogens with zero attached hydrogens (tertiary/aromatic N) is 2. The second-order valence-electron chi connectivity index (χ2n) is 6.17. The first-order valence-electron chi connectivity index (χ1n) is 7.87. The van der Waals surface area contributed by atoms with Crippen LogP contribution in [0.5, 0.6) is 0 Å². The first-order valence-corrected chi connectivity index (χ1v) is 7.87. The van der Waals surface area contributed by atoms with E-state index >= 15 is 0 Å². The maximum absolute atomic E-state index is 6.40. The molecule has 2 rings (SSSR count). The molecule has 1 atom stereocenters. The number of hydrogen-bond donors (Lipinski definition) is 1. The molecule has 1 heterocycles. The maximum atomic E-state index is 6.40. The van der Waals surface area contributed by atoms with E-state index in [1.165, 1.54) is 42.7 Å². The van der Waals surface area contributed by atoms with Crippen LogP contribution in [0.15, 0.2) is 18.2 Å². The van der Waals surface area contributed by atoms with Crippen molar-refractivity contribution < 1.29 is 0 Å². The molecule has 1 saturated heterocycles. The van der Waals surface area contributed by atoms with Crippen molar-refractivity contribution in [3.8, 4) is 0 Å². The quantitative estimate of drug-likeness (QED) is 0.895. The molecule has 0 bridgehead atoms. The van der Waals surface area contributed by atoms with Crippen LogP contribution < -0.4 is 5.73 Å². The van der Waals surface area contributed by atoms with Gasteiger partial charge in [0.1, 0.15) is 0 Å². The van der Waals surface area contributed by atoms with Crippen LogP contribution in [0.25, 0.3) is 0 Å². The molecule has 1 unspecified atom stereocenters. The normalized spacial score (nSPS) is 19.2. The maximum Gasteiger partial charge on any atom is 0.0424 e. The molecule has 1 fully saturated rings. The monoisotopic (exact) mass is 275 g/mol. The Bertz CT molecular complexity index is 402. The third-order valence-electron chi connectivity index (χ3n) is 4.13. The molecule has 112 valence electrons. The Morgan fingerprint density at radius 2 is 1.55 bits per heavy atom. The average molecular weight is 275 g/mol. The largest absolute Gasteiger partial charge is 0.323 e. The van der Waals surface area contributed by atoms with E-state index in [1.807, 2.05) is 0 Å². The SMILES string of the molecule is CCCN1CCN(CC(N)c2cc(C)cc(C)c2)CC1. The predicted octanol–water partition coefficient (Wildman–Crippen LogP) is 2.33. The summed E-state index contributed by atoms with van der Waals surface area (Å²) in [6.45, 7) is 13.4. The molecular formula is C17H29N3. The minimum atomic E-state index is 0.131. The Balaban J connectivity index is 1.87. The summed E-state index contributed by atoms with van der Waals surface area (Å²) in [5.74, 6) is 0. The molecule has 0 spiro atoms. The van der Waals surface area contributed by atoms with Crippen molar-refractivity contribution in [3.63, 3.8) is 0 Å². The lowest BCUT2D eigenvalue weighted by molar-refractivity contribution is 0.127. The van der Waals surface area contributed by atoms with Crippen molar-refractivity contribution in [3.05, 3.63) is 34.9 Å². The molecule has 0 aliphatic carbocycles. The van der Waals surface area contributed by atoms with E-state index in [2.05, 4.69) is 48.8 Å². The van der Waals surface area contributed by atoms with E-state index in [0.717, 1.165) is 19.6 Å². The number of piperazine rings is 1. The summed E-state index contributed by atoms with van der Waals surface area (Å²) in [4.78, 5) is 5.06. The predicted molar refractivity (Wildman–Crippen MR) is 86.0 cm³/mol. The highest BCUT2D eigenvalue weighted by molar-refractivity contribution is 5.30. The summed E-state index contributed by atoms with van der Waals surface area (Å²) in [5.41, 5.74) is 10.3. The first kappa shape index (κ1) is 15.5. The van der Waals surface area contributed by atoms with Gasteiger partial charge in [-0.15, -0.1) is 0 Å². The van der Waals surface area contributed by atoms with Crippen LogP contribution in [-0.2, 0) is 0 Å². The molecule has 0 saturated carbocycles. The fourth-order valence-electron chi connectivity index (χ4n) is 3.12. The summed E-state index contributed by atoms with van der Waals surface area (Å²) >= 11 is 0. The van der Waals surface area contributed by atoms with Gasteiger partial charge in [-0.3, -0.25) is 4.90 Å². The van der Waals surface area contributed by atoms with E-state index in [1.54, 1.807) is 0 Å². The van der Waals surface area contributed by atoms with Gasteiger partial charge in [-0.25, -0.2) is 0 Å². The van der Waals surface area contributed by atoms with E-state index in [-0.39, 0.29) is 6.04 Å². The van der Waals surface area contributed by atoms with Gasteiger partial charge in [-0.2, -0.15) is 0 Å². The number of nitrogens with two attached hydrogens (primary N) is 1. The van der Waals surface area contributed by atoms with Gasteiger partial charge in [0.25, 0.3) is 0 Å². The summed E-state index contributed by atoms with van der Waals surface area (Å²) in [5, 5.41) is 0. The van der Waals surface area contributed by atoms with E-state index in [9.17, 15) is 0 Å². The van der Waals surface area contributed by atoms with Gasteiger partial charge in [0.05, 0.1) is 0 Å². The van der Waals surface area contributed by atoms with Crippen LogP contribution >= 0.6 is 0 Å². The summed E-state index contributed by atoms with van der Waals surface area (Å²) in [6, 6.07) is 6.79. The third-order valence-corrected chi connectivity index (χ3v) is 4.13. The molecule has 1 aliphatic heterocycles. The van der Waals surface area contributed by atoms with Crippen molar-refractivity contribution in [2.75, 3.05) is 39.3 Å². The van der Waals surface area contributed by atoms with Crippen molar-refractivity contribution in [2.45, 2.75) is 33.2 Å². The highest BCUT2D eigenvalue weighted by Gasteiger charge is 2.18. The van der Waals surface area contributed by atoms with Gasteiger partial charge in [-0.1, -0.05) is 36.2 Å². The lowest BCUT2D eigenvalue weighted by Gasteiger charge is -2.35. The molecule has 1 aromatic carbocycles. The van der Waals surface area contributed by atoms with Gasteiger partial charge < -0.3 is 10.6 Å². The number of rotatable bonds is 5. The Morgan fingerprint density at radius 1 is 1.00 bits per heavy atom. The fourth-order valence-corrected chi connectivity index (χ4v) is 3.12. The molecule has 3 heteroatoms. The molecule has 0 amide bonds. The van der Waals surface area contributed by atoms with Crippen molar-refractivity contribution >= 4 is 0 Å². The van der Waals surface area contributed by atoms with E-state index in [0.29, 0.717) is 0 Å². The standard InChI is InChI=1S/C17H29N3/c1-4-5-19-6-8-20(9-7-19)13-17(18)16-11-14(2)10-15(3)12-16/h10-12,17H,4-9,13,18H2,1-3H3. The molecule has 1 aromatic rings. The van der Waals surface area contributed by atoms with Crippen molar-refractivity contribution in [1.82, 2.24) is 9.80 Å². The Hall–Kier alpha value is -0.900. The summed E-state index contributed by atoms with van der Waals surface area (Å²) in [7, 11) is 0. The fraction of sp³-hybridized carbons (Fsp3) is 0.647. The van der Waals surface area contributed by atoms with Gasteiger partial charge in [-0.05, 0) is 32.4 Å². The molecule has 1 aliphatic rings. The van der Waals surface area contributed by atoms with Crippen LogP contribution in [0.3, 0.4) is 0 Å². The number of hydrogen-bond acceptors (Lipinski definition) is 3. The zero-order valence-corrected chi connectivity index (χ0v) is 13.2. The zero-order valence-electron chi connectivity index (χ0n) is 13.2. The average Bonchev–Trinajstić information content (AvgIpc) is 2.40. The van der Waals surface area contributed by atoms with Crippen LogP contribution in [0.1, 0.15) is 36.1 Å². The van der Waals surface area contributed by atoms with Gasteiger partial charge >= 0.3 is 0 Å². The van der Waals surface area contributed by atoms with E-state index < -0.39 is 0 Å². The highest BCUT2D eigenvalue weighted by Crippen LogP contribution is 2.17. The minimum Gasteiger partial charge on any atom is -0.323 e. The van der Waals surface area contributed by atoms with Crippen molar-refractivity contribution in [2.24, 2.45) is 5.73 Å². The summed E-state index contributed by atoms with van der Waals surface area (Å²) < 4.78 is 0. The third kappa shape index (κ3) is 4.30. The van der Waals surface area contributed by atoms with Gasteiger partial charge in [0.2, 0.25) is 0 Å². The second-order valence-corrected chi connectivity index (χ2v) is 6.17. The highest BCUT2D eigenvalue weighted by atomic mass is 15.3. The lowest BCUT2D eigenvalue weighted by atomic mass is 10.0. The van der Waals surface area contributed by atoms with Gasteiger partial charge in [0, 0.05) is 38.8 Å². The molecule has 0 radical (unpaired) electrons. The van der Waals surface area contributed by atoms with Gasteiger partial charge in [0.15, 0.2) is 0 Å². The Labute approximate surface area is 123 Å². The number of aryl methyl sites for hydroxylation is 2. The molecule has 0 aromatic heterocycles. The van der Waals surface area contributed by atoms with Crippen LogP contribution in [0.4, 0.5) is 0 Å². The molecule has 3 nitrogen and oxygen atoms in total. The zero-order chi connectivity index (χ0) is 14.5. The summed E-state index contributed by atoms with van der Waals surface area (Å²) in [6.07, 6.45) is 1.25. The van der Waals surface area contributed by atoms with Crippen LogP contribution in [0, 0.1) is 13.8 Å². The molecular weight excluding hydrogens is 246 g/mol. The topological polar surface area (TPSA) is 32.5 Å².